The largest absolute Gasteiger partial charge is 0.423 e. The number of halogens is 3. The van der Waals surface area contributed by atoms with Crippen molar-refractivity contribution in [3.63, 3.8) is 0 Å². The molecule has 1 aliphatic carbocycles. The molecule has 0 bridgehead atoms. The Kier molecular flexibility index (Phi) is 2.16. The Bertz CT molecular complexity index is 285. The molecule has 0 N–H and O–H groups in total. The average molecular weight is 174 g/mol. The molecule has 0 aromatic carbocycles. The van der Waals surface area contributed by atoms with Gasteiger partial charge >= 0.3 is 6.18 Å². The molecular weight excluding hydrogens is 165 g/mol. The van der Waals surface area contributed by atoms with E-state index >= 15 is 0 Å². The quantitative estimate of drug-likeness (QED) is 0.494. The van der Waals surface area contributed by atoms with Crippen molar-refractivity contribution >= 4 is 0 Å². The highest BCUT2D eigenvalue weighted by molar-refractivity contribution is 5.37. The van der Waals surface area contributed by atoms with Gasteiger partial charge in [0.1, 0.15) is 5.57 Å². The molecule has 0 atom stereocenters. The summed E-state index contributed by atoms with van der Waals surface area (Å²) in [4.78, 5) is 0. The van der Waals surface area contributed by atoms with E-state index in [4.69, 9.17) is 0 Å². The maximum absolute atomic E-state index is 12.2. The second-order valence-corrected chi connectivity index (χ2v) is 2.87. The van der Waals surface area contributed by atoms with Crippen LogP contribution < -0.4 is 0 Å². The normalized spacial score (nSPS) is 18.2. The van der Waals surface area contributed by atoms with Crippen molar-refractivity contribution in [3.8, 4) is 0 Å². The molecule has 0 nitrogen and oxygen atoms in total. The number of rotatable bonds is 0. The zero-order chi connectivity index (χ0) is 9.35. The van der Waals surface area contributed by atoms with Gasteiger partial charge in [0.25, 0.3) is 0 Å². The predicted molar refractivity (Wildman–Crippen MR) is 40.6 cm³/mol. The summed E-state index contributed by atoms with van der Waals surface area (Å²) in [5, 5.41) is 0. The van der Waals surface area contributed by atoms with Gasteiger partial charge in [-0.05, 0) is 31.4 Å². The third-order valence-corrected chi connectivity index (χ3v) is 1.73. The second-order valence-electron chi connectivity index (χ2n) is 2.87. The first kappa shape index (κ1) is 9.14. The Balaban J connectivity index is 3.18. The van der Waals surface area contributed by atoms with Gasteiger partial charge in [0.2, 0.25) is 0 Å². The van der Waals surface area contributed by atoms with Crippen LogP contribution in [0.1, 0.15) is 20.3 Å². The van der Waals surface area contributed by atoms with Crippen LogP contribution in [0, 0.1) is 0 Å². The van der Waals surface area contributed by atoms with Crippen molar-refractivity contribution in [3.05, 3.63) is 28.5 Å². The first-order valence-electron chi connectivity index (χ1n) is 3.62. The van der Waals surface area contributed by atoms with Crippen molar-refractivity contribution in [2.45, 2.75) is 26.4 Å². The van der Waals surface area contributed by atoms with Gasteiger partial charge in [0, 0.05) is 0 Å². The summed E-state index contributed by atoms with van der Waals surface area (Å²) >= 11 is 0. The summed E-state index contributed by atoms with van der Waals surface area (Å²) in [6, 6.07) is 0. The van der Waals surface area contributed by atoms with Gasteiger partial charge in [-0.1, -0.05) is 6.08 Å². The molecule has 66 valence electrons. The van der Waals surface area contributed by atoms with Gasteiger partial charge in [0.15, 0.2) is 0 Å². The van der Waals surface area contributed by atoms with Crippen molar-refractivity contribution in [1.82, 2.24) is 0 Å². The lowest BCUT2D eigenvalue weighted by molar-refractivity contribution is -0.0892. The summed E-state index contributed by atoms with van der Waals surface area (Å²) < 4.78 is 36.6. The molecular formula is C9H9F3. The molecule has 0 aromatic rings. The molecule has 12 heavy (non-hydrogen) atoms. The molecule has 3 heteroatoms. The first-order valence-corrected chi connectivity index (χ1v) is 3.62. The number of hydrogen-bond acceptors (Lipinski definition) is 0. The third-order valence-electron chi connectivity index (χ3n) is 1.73. The van der Waals surface area contributed by atoms with E-state index in [1.54, 1.807) is 13.0 Å². The fourth-order valence-corrected chi connectivity index (χ4v) is 1.07. The molecule has 0 spiro atoms. The number of alkyl halides is 3. The van der Waals surface area contributed by atoms with Crippen LogP contribution in [0.5, 0.6) is 0 Å². The highest BCUT2D eigenvalue weighted by Crippen LogP contribution is 2.32. The maximum atomic E-state index is 12.2. The average Bonchev–Trinajstić information content (AvgIpc) is 1.92. The summed E-state index contributed by atoms with van der Waals surface area (Å²) in [7, 11) is 0. The monoisotopic (exact) mass is 174 g/mol. The Morgan fingerprint density at radius 2 is 1.92 bits per heavy atom. The van der Waals surface area contributed by atoms with Gasteiger partial charge in [-0.2, -0.15) is 13.2 Å². The van der Waals surface area contributed by atoms with Gasteiger partial charge in [-0.3, -0.25) is 0 Å². The van der Waals surface area contributed by atoms with E-state index in [-0.39, 0.29) is 5.57 Å². The van der Waals surface area contributed by atoms with Crippen LogP contribution in [0.15, 0.2) is 28.5 Å². The summed E-state index contributed by atoms with van der Waals surface area (Å²) in [5.41, 5.74) is 2.62. The van der Waals surface area contributed by atoms with Gasteiger partial charge in [-0.25, -0.2) is 0 Å². The third kappa shape index (κ3) is 1.80. The number of allylic oxidation sites excluding steroid dienone is 3. The first-order chi connectivity index (χ1) is 5.41. The van der Waals surface area contributed by atoms with Crippen LogP contribution in [0.25, 0.3) is 0 Å². The van der Waals surface area contributed by atoms with Crippen LogP contribution >= 0.6 is 0 Å². The second kappa shape index (κ2) is 2.83. The molecule has 0 saturated carbocycles. The van der Waals surface area contributed by atoms with Crippen LogP contribution in [0.2, 0.25) is 0 Å². The van der Waals surface area contributed by atoms with Crippen molar-refractivity contribution in [1.29, 1.82) is 0 Å². The molecule has 0 fully saturated rings. The molecule has 0 radical (unpaired) electrons. The van der Waals surface area contributed by atoms with E-state index in [0.29, 0.717) is 12.0 Å². The van der Waals surface area contributed by atoms with Gasteiger partial charge in [0.05, 0.1) is 0 Å². The maximum Gasteiger partial charge on any atom is 0.423 e. The van der Waals surface area contributed by atoms with Crippen molar-refractivity contribution in [2.24, 2.45) is 0 Å². The van der Waals surface area contributed by atoms with E-state index < -0.39 is 11.7 Å². The molecule has 0 aliphatic heterocycles. The highest BCUT2D eigenvalue weighted by Gasteiger charge is 2.35. The Morgan fingerprint density at radius 3 is 2.33 bits per heavy atom. The summed E-state index contributed by atoms with van der Waals surface area (Å²) in [6.07, 6.45) is -2.11. The Hall–Kier alpha value is -0.950. The van der Waals surface area contributed by atoms with Crippen molar-refractivity contribution < 1.29 is 13.2 Å². The minimum Gasteiger partial charge on any atom is -0.165 e. The van der Waals surface area contributed by atoms with Crippen molar-refractivity contribution in [2.75, 3.05) is 0 Å². The lowest BCUT2D eigenvalue weighted by atomic mass is 9.99. The minimum absolute atomic E-state index is 0.271. The Labute approximate surface area is 69.1 Å². The molecule has 0 heterocycles. The molecule has 0 aromatic heterocycles. The zero-order valence-corrected chi connectivity index (χ0v) is 6.92. The van der Waals surface area contributed by atoms with Crippen LogP contribution in [-0.4, -0.2) is 6.18 Å². The van der Waals surface area contributed by atoms with Gasteiger partial charge < -0.3 is 0 Å². The molecule has 0 unspecified atom stereocenters. The zero-order valence-electron chi connectivity index (χ0n) is 6.92. The van der Waals surface area contributed by atoms with Crippen LogP contribution in [0.3, 0.4) is 0 Å². The summed E-state index contributed by atoms with van der Waals surface area (Å²) in [5.74, 6) is 0. The van der Waals surface area contributed by atoms with E-state index in [0.717, 1.165) is 0 Å². The number of hydrogen-bond donors (Lipinski definition) is 0. The van der Waals surface area contributed by atoms with E-state index in [1.807, 2.05) is 0 Å². The SMILES string of the molecule is CC1=C=C(C(F)(F)F)C(C)=CC1. The summed E-state index contributed by atoms with van der Waals surface area (Å²) in [6.45, 7) is 3.11. The fourth-order valence-electron chi connectivity index (χ4n) is 1.07. The standard InChI is InChI=1S/C9H9F3/c1-6-3-4-7(2)8(5-6)9(10,11)12/h4H,3H2,1-2H3. The molecule has 0 amide bonds. The van der Waals surface area contributed by atoms with E-state index in [1.165, 1.54) is 6.92 Å². The fraction of sp³-hybridized carbons (Fsp3) is 0.444. The topological polar surface area (TPSA) is 0 Å². The van der Waals surface area contributed by atoms with Crippen LogP contribution in [-0.2, 0) is 0 Å². The molecule has 1 aliphatic rings. The Morgan fingerprint density at radius 1 is 1.33 bits per heavy atom. The lowest BCUT2D eigenvalue weighted by Gasteiger charge is -2.13. The molecule has 1 rings (SSSR count). The van der Waals surface area contributed by atoms with Gasteiger partial charge in [-0.15, -0.1) is 5.73 Å². The smallest absolute Gasteiger partial charge is 0.165 e. The van der Waals surface area contributed by atoms with E-state index in [9.17, 15) is 13.2 Å². The lowest BCUT2D eigenvalue weighted by Crippen LogP contribution is -2.13. The predicted octanol–water partition coefficient (Wildman–Crippen LogP) is 3.37. The minimum atomic E-state index is -4.26. The highest BCUT2D eigenvalue weighted by atomic mass is 19.4. The molecule has 0 saturated heterocycles. The van der Waals surface area contributed by atoms with E-state index in [2.05, 4.69) is 5.73 Å². The van der Waals surface area contributed by atoms with Crippen LogP contribution in [0.4, 0.5) is 13.2 Å².